The molecule has 0 aliphatic carbocycles. The van der Waals surface area contributed by atoms with E-state index in [4.69, 9.17) is 4.74 Å². The van der Waals surface area contributed by atoms with E-state index < -0.39 is 0 Å². The van der Waals surface area contributed by atoms with Gasteiger partial charge in [-0.25, -0.2) is 0 Å². The fourth-order valence-electron chi connectivity index (χ4n) is 3.02. The predicted octanol–water partition coefficient (Wildman–Crippen LogP) is 1.34. The zero-order valence-electron chi connectivity index (χ0n) is 10.6. The van der Waals surface area contributed by atoms with Crippen molar-refractivity contribution in [2.75, 3.05) is 46.4 Å². The van der Waals surface area contributed by atoms with Gasteiger partial charge in [0, 0.05) is 20.3 Å². The molecule has 3 nitrogen and oxygen atoms in total. The first kappa shape index (κ1) is 12.3. The number of rotatable bonds is 4. The minimum Gasteiger partial charge on any atom is -0.384 e. The van der Waals surface area contributed by atoms with Crippen LogP contribution in [0.15, 0.2) is 0 Å². The van der Waals surface area contributed by atoms with Crippen LogP contribution in [0.2, 0.25) is 0 Å². The van der Waals surface area contributed by atoms with E-state index in [1.807, 2.05) is 7.11 Å². The fourth-order valence-corrected chi connectivity index (χ4v) is 3.02. The molecule has 1 N–H and O–H groups in total. The number of nitrogens with one attached hydrogen (secondary N) is 1. The zero-order chi connectivity index (χ0) is 11.2. The monoisotopic (exact) mass is 226 g/mol. The number of methoxy groups -OCH3 is 1. The highest BCUT2D eigenvalue weighted by Gasteiger charge is 2.22. The summed E-state index contributed by atoms with van der Waals surface area (Å²) in [7, 11) is 1.82. The van der Waals surface area contributed by atoms with Crippen molar-refractivity contribution in [3.05, 3.63) is 0 Å². The second kappa shape index (κ2) is 6.58. The molecule has 2 aliphatic rings. The molecule has 94 valence electrons. The molecule has 0 aromatic carbocycles. The first-order valence-corrected chi connectivity index (χ1v) is 6.80. The lowest BCUT2D eigenvalue weighted by Crippen LogP contribution is -2.42. The molecule has 0 aromatic rings. The highest BCUT2D eigenvalue weighted by Crippen LogP contribution is 2.20. The average molecular weight is 226 g/mol. The molecular weight excluding hydrogens is 200 g/mol. The lowest BCUT2D eigenvalue weighted by atomic mass is 9.94. The molecule has 2 saturated heterocycles. The van der Waals surface area contributed by atoms with Crippen molar-refractivity contribution >= 4 is 0 Å². The number of ether oxygens (including phenoxy) is 1. The summed E-state index contributed by atoms with van der Waals surface area (Å²) >= 11 is 0. The first-order valence-electron chi connectivity index (χ1n) is 6.80. The molecule has 3 heteroatoms. The molecule has 0 radical (unpaired) electrons. The molecule has 0 bridgehead atoms. The minimum absolute atomic E-state index is 0.811. The standard InChI is InChI=1S/C13H26N2O/c1-16-11-12-4-7-15(8-5-12)10-13-3-2-6-14-9-13/h12-14H,2-11H2,1H3. The molecule has 2 heterocycles. The fraction of sp³-hybridized carbons (Fsp3) is 1.00. The third kappa shape index (κ3) is 3.72. The molecule has 16 heavy (non-hydrogen) atoms. The number of hydrogen-bond acceptors (Lipinski definition) is 3. The summed E-state index contributed by atoms with van der Waals surface area (Å²) in [4.78, 5) is 2.66. The SMILES string of the molecule is COCC1CCN(CC2CCCNC2)CC1. The van der Waals surface area contributed by atoms with Gasteiger partial charge < -0.3 is 15.0 Å². The van der Waals surface area contributed by atoms with Gasteiger partial charge in [0.1, 0.15) is 0 Å². The number of likely N-dealkylation sites (tertiary alicyclic amines) is 1. The molecule has 0 saturated carbocycles. The molecule has 2 fully saturated rings. The van der Waals surface area contributed by atoms with E-state index in [-0.39, 0.29) is 0 Å². The van der Waals surface area contributed by atoms with Crippen LogP contribution in [0.5, 0.6) is 0 Å². The van der Waals surface area contributed by atoms with Crippen molar-refractivity contribution in [2.45, 2.75) is 25.7 Å². The van der Waals surface area contributed by atoms with Crippen molar-refractivity contribution in [3.63, 3.8) is 0 Å². The Balaban J connectivity index is 1.64. The Morgan fingerprint density at radius 1 is 1.19 bits per heavy atom. The molecule has 0 spiro atoms. The smallest absolute Gasteiger partial charge is 0.0491 e. The largest absolute Gasteiger partial charge is 0.384 e. The highest BCUT2D eigenvalue weighted by atomic mass is 16.5. The quantitative estimate of drug-likeness (QED) is 0.783. The predicted molar refractivity (Wildman–Crippen MR) is 66.6 cm³/mol. The zero-order valence-corrected chi connectivity index (χ0v) is 10.6. The van der Waals surface area contributed by atoms with Gasteiger partial charge >= 0.3 is 0 Å². The van der Waals surface area contributed by atoms with Crippen LogP contribution in [-0.2, 0) is 4.74 Å². The minimum atomic E-state index is 0.811. The molecule has 2 rings (SSSR count). The second-order valence-corrected chi connectivity index (χ2v) is 5.41. The summed E-state index contributed by atoms with van der Waals surface area (Å²) < 4.78 is 5.24. The Labute approximate surface area is 99.5 Å². The van der Waals surface area contributed by atoms with Crippen LogP contribution >= 0.6 is 0 Å². The van der Waals surface area contributed by atoms with Gasteiger partial charge in [-0.2, -0.15) is 0 Å². The lowest BCUT2D eigenvalue weighted by molar-refractivity contribution is 0.0900. The van der Waals surface area contributed by atoms with Crippen LogP contribution in [0.3, 0.4) is 0 Å². The Morgan fingerprint density at radius 2 is 2.00 bits per heavy atom. The van der Waals surface area contributed by atoms with Gasteiger partial charge in [0.25, 0.3) is 0 Å². The van der Waals surface area contributed by atoms with Crippen molar-refractivity contribution in [3.8, 4) is 0 Å². The van der Waals surface area contributed by atoms with Crippen LogP contribution in [0.25, 0.3) is 0 Å². The third-order valence-electron chi connectivity index (χ3n) is 4.02. The van der Waals surface area contributed by atoms with Gasteiger partial charge in [0.15, 0.2) is 0 Å². The molecule has 1 atom stereocenters. The maximum Gasteiger partial charge on any atom is 0.0491 e. The molecular formula is C13H26N2O. The second-order valence-electron chi connectivity index (χ2n) is 5.41. The Hall–Kier alpha value is -0.120. The summed E-state index contributed by atoms with van der Waals surface area (Å²) in [5.74, 6) is 1.71. The normalized spacial score (nSPS) is 29.4. The van der Waals surface area contributed by atoms with Crippen LogP contribution in [0.1, 0.15) is 25.7 Å². The van der Waals surface area contributed by atoms with E-state index in [1.54, 1.807) is 0 Å². The van der Waals surface area contributed by atoms with Crippen LogP contribution in [0.4, 0.5) is 0 Å². The van der Waals surface area contributed by atoms with E-state index in [0.29, 0.717) is 0 Å². The maximum absolute atomic E-state index is 5.24. The summed E-state index contributed by atoms with van der Waals surface area (Å²) in [5, 5.41) is 3.51. The third-order valence-corrected chi connectivity index (χ3v) is 4.02. The highest BCUT2D eigenvalue weighted by molar-refractivity contribution is 4.77. The van der Waals surface area contributed by atoms with Crippen molar-refractivity contribution in [2.24, 2.45) is 11.8 Å². The molecule has 2 aliphatic heterocycles. The Kier molecular flexibility index (Phi) is 5.07. The van der Waals surface area contributed by atoms with Gasteiger partial charge in [-0.15, -0.1) is 0 Å². The molecule has 0 aromatic heterocycles. The first-order chi connectivity index (χ1) is 7.88. The van der Waals surface area contributed by atoms with E-state index in [0.717, 1.165) is 18.4 Å². The van der Waals surface area contributed by atoms with Gasteiger partial charge in [-0.1, -0.05) is 0 Å². The number of piperidine rings is 2. The molecule has 1 unspecified atom stereocenters. The van der Waals surface area contributed by atoms with Crippen molar-refractivity contribution in [1.29, 1.82) is 0 Å². The van der Waals surface area contributed by atoms with Gasteiger partial charge in [-0.05, 0) is 63.7 Å². The summed E-state index contributed by atoms with van der Waals surface area (Å²) in [6, 6.07) is 0. The number of hydrogen-bond donors (Lipinski definition) is 1. The summed E-state index contributed by atoms with van der Waals surface area (Å²) in [6.45, 7) is 7.30. The van der Waals surface area contributed by atoms with Gasteiger partial charge in [0.05, 0.1) is 0 Å². The number of nitrogens with zero attached hydrogens (tertiary/aromatic N) is 1. The van der Waals surface area contributed by atoms with Crippen LogP contribution in [-0.4, -0.2) is 51.3 Å². The van der Waals surface area contributed by atoms with E-state index in [9.17, 15) is 0 Å². The topological polar surface area (TPSA) is 24.5 Å². The van der Waals surface area contributed by atoms with Gasteiger partial charge in [0.2, 0.25) is 0 Å². The lowest BCUT2D eigenvalue weighted by Gasteiger charge is -2.35. The molecule has 0 amide bonds. The average Bonchev–Trinajstić information content (AvgIpc) is 2.33. The van der Waals surface area contributed by atoms with Gasteiger partial charge in [-0.3, -0.25) is 0 Å². The van der Waals surface area contributed by atoms with Crippen molar-refractivity contribution in [1.82, 2.24) is 10.2 Å². The van der Waals surface area contributed by atoms with Crippen molar-refractivity contribution < 1.29 is 4.74 Å². The summed E-state index contributed by atoms with van der Waals surface area (Å²) in [5.41, 5.74) is 0. The maximum atomic E-state index is 5.24. The summed E-state index contributed by atoms with van der Waals surface area (Å²) in [6.07, 6.45) is 5.44. The van der Waals surface area contributed by atoms with Crippen LogP contribution in [0, 0.1) is 11.8 Å². The van der Waals surface area contributed by atoms with Crippen LogP contribution < -0.4 is 5.32 Å². The Bertz CT molecular complexity index is 184. The van der Waals surface area contributed by atoms with E-state index in [1.165, 1.54) is 58.4 Å². The Morgan fingerprint density at radius 3 is 2.62 bits per heavy atom. The van der Waals surface area contributed by atoms with E-state index in [2.05, 4.69) is 10.2 Å². The van der Waals surface area contributed by atoms with E-state index >= 15 is 0 Å².